The van der Waals surface area contributed by atoms with E-state index in [2.05, 4.69) is 19.9 Å². The molecule has 0 saturated carbocycles. The third-order valence-corrected chi connectivity index (χ3v) is 23.4. The highest BCUT2D eigenvalue weighted by Crippen LogP contribution is 2.71. The first-order valence-electron chi connectivity index (χ1n) is 17.2. The van der Waals surface area contributed by atoms with Crippen LogP contribution in [-0.4, -0.2) is 144 Å². The summed E-state index contributed by atoms with van der Waals surface area (Å²) in [7, 11) is -43.3. The molecule has 0 aromatic carbocycles. The second-order valence-corrected chi connectivity index (χ2v) is 29.6. The average molecular weight is 1150 g/mol. The Morgan fingerprint density at radius 1 is 0.304 bits per heavy atom. The van der Waals surface area contributed by atoms with Gasteiger partial charge in [-0.15, -0.1) is 0 Å². The molecule has 0 amide bonds. The van der Waals surface area contributed by atoms with Gasteiger partial charge in [-0.05, 0) is 46.5 Å². The van der Waals surface area contributed by atoms with Crippen molar-refractivity contribution < 1.29 is 141 Å². The summed E-state index contributed by atoms with van der Waals surface area (Å²) in [6, 6.07) is 11.0. The lowest BCUT2D eigenvalue weighted by Crippen LogP contribution is -2.31. The molecule has 0 unspecified atom stereocenters. The maximum absolute atomic E-state index is 11.0. The van der Waals surface area contributed by atoms with Crippen molar-refractivity contribution in [2.24, 2.45) is 0 Å². The summed E-state index contributed by atoms with van der Waals surface area (Å²) < 4.78 is 88.3. The second kappa shape index (κ2) is 24.5. The Labute approximate surface area is 386 Å². The molecule has 33 nitrogen and oxygen atoms in total. The summed E-state index contributed by atoms with van der Waals surface area (Å²) in [4.78, 5) is 157. The van der Waals surface area contributed by atoms with Crippen LogP contribution in [0.15, 0.2) is 98.1 Å². The Morgan fingerprint density at radius 3 is 0.522 bits per heavy atom. The fourth-order valence-electron chi connectivity index (χ4n) is 4.61. The number of pyridine rings is 4. The van der Waals surface area contributed by atoms with Gasteiger partial charge >= 0.3 is 60.8 Å². The summed E-state index contributed by atoms with van der Waals surface area (Å²) in [5, 5.41) is 24.6. The molecule has 0 saturated heterocycles. The lowest BCUT2D eigenvalue weighted by molar-refractivity contribution is 0.130. The van der Waals surface area contributed by atoms with Crippen LogP contribution in [0, 0.1) is 0 Å². The number of nitrogens with zero attached hydrogens (tertiary/aromatic N) is 4. The molecule has 0 spiro atoms. The summed E-state index contributed by atoms with van der Waals surface area (Å²) >= 11 is 0. The molecule has 4 heterocycles. The number of rotatable bonds is 16. The molecule has 392 valence electrons. The van der Waals surface area contributed by atoms with Crippen molar-refractivity contribution in [3.05, 3.63) is 120 Å². The lowest BCUT2D eigenvalue weighted by Gasteiger charge is -2.29. The monoisotopic (exact) mass is 1150 g/mol. The predicted octanol–water partition coefficient (Wildman–Crippen LogP) is -2.32. The van der Waals surface area contributed by atoms with Crippen LogP contribution in [0.4, 0.5) is 0 Å². The average Bonchev–Trinajstić information content (AvgIpc) is 3.17. The first-order valence-corrected chi connectivity index (χ1v) is 30.1. The van der Waals surface area contributed by atoms with Crippen molar-refractivity contribution >= 4 is 60.8 Å². The van der Waals surface area contributed by atoms with Crippen LogP contribution in [0.2, 0.25) is 0 Å². The number of aliphatic hydroxyl groups is 4. The van der Waals surface area contributed by atoms with E-state index < -0.39 is 107 Å². The number of hydrogen-bond acceptors (Lipinski definition) is 16. The van der Waals surface area contributed by atoms with Gasteiger partial charge in [-0.2, -0.15) is 0 Å². The van der Waals surface area contributed by atoms with Gasteiger partial charge < -0.3 is 104 Å². The third-order valence-electron chi connectivity index (χ3n) is 8.39. The predicted molar refractivity (Wildman–Crippen MR) is 232 cm³/mol. The van der Waals surface area contributed by atoms with Crippen molar-refractivity contribution in [2.45, 2.75) is 46.0 Å². The van der Waals surface area contributed by atoms with Gasteiger partial charge in [0.2, 0.25) is 0 Å². The molecule has 69 heavy (non-hydrogen) atoms. The van der Waals surface area contributed by atoms with Crippen molar-refractivity contribution in [2.75, 3.05) is 0 Å². The molecule has 0 fully saturated rings. The van der Waals surface area contributed by atoms with Crippen LogP contribution in [-0.2, 0) is 62.2 Å². The molecule has 0 aliphatic carbocycles. The molecule has 0 aliphatic heterocycles. The number of aromatic nitrogens is 4. The Bertz CT molecular complexity index is 2190. The molecule has 0 radical (unpaired) electrons. The van der Waals surface area contributed by atoms with E-state index in [0.29, 0.717) is 0 Å². The van der Waals surface area contributed by atoms with Gasteiger partial charge in [0.25, 0.3) is 20.3 Å². The zero-order chi connectivity index (χ0) is 53.3. The fraction of sp³-hybridized carbons (Fsp3) is 0.286. The van der Waals surface area contributed by atoms with E-state index >= 15 is 0 Å². The minimum Gasteiger partial charge on any atom is -0.412 e. The summed E-state index contributed by atoms with van der Waals surface area (Å²) in [5.74, 6) is 0. The Kier molecular flexibility index (Phi) is 23.7. The minimum absolute atomic E-state index is 0. The zero-order valence-corrected chi connectivity index (χ0v) is 41.3. The summed E-state index contributed by atoms with van der Waals surface area (Å²) in [6.07, 6.45) is 6.51. The minimum atomic E-state index is -5.41. The van der Waals surface area contributed by atoms with Crippen LogP contribution >= 0.6 is 60.8 Å². The van der Waals surface area contributed by atoms with E-state index in [1.54, 1.807) is 0 Å². The quantitative estimate of drug-likeness (QED) is 0.0524. The van der Waals surface area contributed by atoms with Gasteiger partial charge in [0.1, 0.15) is 0 Å². The standard InChI is InChI=1S/4C7H11NO7P2.H2O/c4*9-7(16(10,11)12,17(13,14)15)4-6-2-1-3-8-5-6;/h4*1-3,5,9H,4H2,(H2,10,11,12)(H2,13,14,15);1H2. The molecule has 4 aromatic heterocycles. The second-order valence-electron chi connectivity index (χ2n) is 13.6. The van der Waals surface area contributed by atoms with E-state index in [1.807, 2.05) is 0 Å². The van der Waals surface area contributed by atoms with Gasteiger partial charge in [-0.25, -0.2) is 0 Å². The van der Waals surface area contributed by atoms with Gasteiger partial charge in [0.05, 0.1) is 0 Å². The topological polar surface area (TPSA) is 624 Å². The van der Waals surface area contributed by atoms with Gasteiger partial charge in [-0.3, -0.25) is 56.5 Å². The molecule has 4 rings (SSSR count). The van der Waals surface area contributed by atoms with E-state index in [-0.39, 0.29) is 27.7 Å². The third kappa shape index (κ3) is 17.9. The highest BCUT2D eigenvalue weighted by Gasteiger charge is 2.62. The molecule has 0 aliphatic rings. The Morgan fingerprint density at radius 2 is 0.435 bits per heavy atom. The van der Waals surface area contributed by atoms with Crippen molar-refractivity contribution in [1.82, 2.24) is 19.9 Å². The number of hydrogen-bond donors (Lipinski definition) is 20. The fourth-order valence-corrected chi connectivity index (χ4v) is 13.1. The molecule has 4 aromatic rings. The van der Waals surface area contributed by atoms with Crippen LogP contribution < -0.4 is 0 Å². The molecule has 22 N–H and O–H groups in total. The van der Waals surface area contributed by atoms with Crippen LogP contribution in [0.25, 0.3) is 0 Å². The van der Waals surface area contributed by atoms with Crippen molar-refractivity contribution in [3.63, 3.8) is 0 Å². The zero-order valence-electron chi connectivity index (χ0n) is 34.1. The Balaban J connectivity index is 0.000000889. The SMILES string of the molecule is O.O=P(O)(O)C(O)(Cc1cccnc1)P(=O)(O)O.O=P(O)(O)C(O)(Cc1cccnc1)P(=O)(O)O.O=P(O)(O)C(O)(Cc1cccnc1)P(=O)(O)O.O=P(O)(O)C(O)(Cc1cccnc1)P(=O)(O)O. The van der Waals surface area contributed by atoms with Gasteiger partial charge in [0.15, 0.2) is 0 Å². The largest absolute Gasteiger partial charge is 0.412 e. The highest BCUT2D eigenvalue weighted by molar-refractivity contribution is 7.73. The molecule has 0 atom stereocenters. The van der Waals surface area contributed by atoms with Crippen molar-refractivity contribution in [3.8, 4) is 0 Å². The van der Waals surface area contributed by atoms with Crippen LogP contribution in [0.1, 0.15) is 22.3 Å². The van der Waals surface area contributed by atoms with E-state index in [9.17, 15) is 56.9 Å². The molecular weight excluding hydrogens is 1100 g/mol. The molecular formula is C28H46N4O29P8. The normalized spacial score (nSPS) is 13.5. The first kappa shape index (κ1) is 66.6. The van der Waals surface area contributed by atoms with Crippen LogP contribution in [0.5, 0.6) is 0 Å². The lowest BCUT2D eigenvalue weighted by atomic mass is 10.2. The van der Waals surface area contributed by atoms with Crippen LogP contribution in [0.3, 0.4) is 0 Å². The van der Waals surface area contributed by atoms with E-state index in [1.165, 1.54) is 73.3 Å². The molecule has 0 bridgehead atoms. The van der Waals surface area contributed by atoms with Gasteiger partial charge in [-0.1, -0.05) is 24.3 Å². The summed E-state index contributed by atoms with van der Waals surface area (Å²) in [6.45, 7) is 0. The summed E-state index contributed by atoms with van der Waals surface area (Å²) in [5.41, 5.74) is 0.395. The van der Waals surface area contributed by atoms with Crippen molar-refractivity contribution in [1.29, 1.82) is 0 Å². The smallest absolute Gasteiger partial charge is 0.369 e. The van der Waals surface area contributed by atoms with Gasteiger partial charge in [0, 0.05) is 75.3 Å². The van der Waals surface area contributed by atoms with E-state index in [4.69, 9.17) is 78.3 Å². The first-order chi connectivity index (χ1) is 30.3. The maximum Gasteiger partial charge on any atom is 0.369 e. The Hall–Kier alpha value is -2.40. The van der Waals surface area contributed by atoms with E-state index in [0.717, 1.165) is 24.8 Å². The molecule has 41 heteroatoms. The maximum atomic E-state index is 11.0. The highest BCUT2D eigenvalue weighted by atomic mass is 31.3.